The van der Waals surface area contributed by atoms with Crippen LogP contribution in [0.3, 0.4) is 0 Å². The second kappa shape index (κ2) is 9.70. The number of halogens is 1. The fourth-order valence-electron chi connectivity index (χ4n) is 5.03. The molecule has 1 fully saturated rings. The van der Waals surface area contributed by atoms with Crippen LogP contribution >= 0.6 is 0 Å². The average Bonchev–Trinajstić information content (AvgIpc) is 3.37. The van der Waals surface area contributed by atoms with Gasteiger partial charge in [-0.1, -0.05) is 6.92 Å². The highest BCUT2D eigenvalue weighted by molar-refractivity contribution is 5.81. The van der Waals surface area contributed by atoms with E-state index in [0.717, 1.165) is 41.7 Å². The molecule has 0 bridgehead atoms. The molecule has 1 saturated heterocycles. The van der Waals surface area contributed by atoms with Gasteiger partial charge in [-0.25, -0.2) is 9.07 Å². The summed E-state index contributed by atoms with van der Waals surface area (Å²) in [5.74, 6) is 0.421. The summed E-state index contributed by atoms with van der Waals surface area (Å²) in [6.07, 6.45) is 0.836. The van der Waals surface area contributed by atoms with Crippen molar-refractivity contribution >= 4 is 16.6 Å². The third-order valence-corrected chi connectivity index (χ3v) is 7.83. The van der Waals surface area contributed by atoms with Gasteiger partial charge in [0.2, 0.25) is 0 Å². The van der Waals surface area contributed by atoms with Gasteiger partial charge in [0.05, 0.1) is 5.54 Å². The number of aromatic amines is 1. The van der Waals surface area contributed by atoms with E-state index in [1.807, 2.05) is 35.9 Å². The maximum atomic E-state index is 13.6. The predicted octanol–water partition coefficient (Wildman–Crippen LogP) is 4.33. The van der Waals surface area contributed by atoms with Crippen LogP contribution in [-0.4, -0.2) is 56.3 Å². The summed E-state index contributed by atoms with van der Waals surface area (Å²) in [6, 6.07) is 12.3. The lowest BCUT2D eigenvalue weighted by molar-refractivity contribution is 0.186. The second-order valence-electron chi connectivity index (χ2n) is 10.6. The molecule has 0 saturated carbocycles. The van der Waals surface area contributed by atoms with Gasteiger partial charge in [-0.15, -0.1) is 5.10 Å². The number of hydrogen-bond donors (Lipinski definition) is 1. The molecule has 0 unspecified atom stereocenters. The molecule has 0 aliphatic carbocycles. The lowest BCUT2D eigenvalue weighted by Gasteiger charge is -2.40. The number of nitrogens with zero attached hydrogens (tertiary/aromatic N) is 6. The number of pyridine rings is 1. The molecule has 0 amide bonds. The highest BCUT2D eigenvalue weighted by Crippen LogP contribution is 2.32. The highest BCUT2D eigenvalue weighted by Gasteiger charge is 2.35. The van der Waals surface area contributed by atoms with Gasteiger partial charge in [0.1, 0.15) is 11.9 Å². The molecule has 2 aromatic carbocycles. The van der Waals surface area contributed by atoms with Crippen LogP contribution in [0.1, 0.15) is 55.7 Å². The summed E-state index contributed by atoms with van der Waals surface area (Å²) in [5, 5.41) is 13.9. The number of anilines is 1. The molecule has 1 atom stereocenters. The first kappa shape index (κ1) is 25.1. The Morgan fingerprint density at radius 3 is 2.38 bits per heavy atom. The number of rotatable bonds is 6. The van der Waals surface area contributed by atoms with E-state index >= 15 is 0 Å². The molecule has 0 radical (unpaired) electrons. The van der Waals surface area contributed by atoms with Crippen LogP contribution in [0.5, 0.6) is 0 Å². The van der Waals surface area contributed by atoms with Gasteiger partial charge in [0.25, 0.3) is 5.56 Å². The van der Waals surface area contributed by atoms with Crippen LogP contribution < -0.4 is 10.5 Å². The molecule has 0 spiro atoms. The lowest BCUT2D eigenvalue weighted by atomic mass is 9.98. The number of tetrazole rings is 1. The molecule has 194 valence electrons. The zero-order valence-electron chi connectivity index (χ0n) is 22.1. The average molecular weight is 504 g/mol. The number of aromatic nitrogens is 5. The predicted molar refractivity (Wildman–Crippen MR) is 144 cm³/mol. The Morgan fingerprint density at radius 2 is 1.70 bits per heavy atom. The minimum Gasteiger partial charge on any atom is -0.369 e. The van der Waals surface area contributed by atoms with Crippen molar-refractivity contribution in [2.45, 2.75) is 52.6 Å². The number of nitrogens with one attached hydrogen (secondary N) is 1. The summed E-state index contributed by atoms with van der Waals surface area (Å²) in [6.45, 7) is 13.3. The zero-order valence-corrected chi connectivity index (χ0v) is 22.1. The molecule has 4 aromatic rings. The molecular formula is C28H34FN7O. The fraction of sp³-hybridized carbons (Fsp3) is 0.429. The van der Waals surface area contributed by atoms with Gasteiger partial charge in [0.15, 0.2) is 5.82 Å². The third kappa shape index (κ3) is 4.75. The van der Waals surface area contributed by atoms with Gasteiger partial charge in [-0.05, 0) is 104 Å². The number of H-pyrrole nitrogens is 1. The molecule has 9 heteroatoms. The van der Waals surface area contributed by atoms with Crippen molar-refractivity contribution in [3.63, 3.8) is 0 Å². The van der Waals surface area contributed by atoms with E-state index in [4.69, 9.17) is 0 Å². The summed E-state index contributed by atoms with van der Waals surface area (Å²) in [4.78, 5) is 21.2. The minimum atomic E-state index is -0.411. The van der Waals surface area contributed by atoms with Crippen molar-refractivity contribution in [2.24, 2.45) is 0 Å². The van der Waals surface area contributed by atoms with E-state index < -0.39 is 6.04 Å². The molecule has 5 rings (SSSR count). The quantitative estimate of drug-likeness (QED) is 0.422. The van der Waals surface area contributed by atoms with E-state index in [0.29, 0.717) is 24.5 Å². The van der Waals surface area contributed by atoms with Crippen LogP contribution in [0.15, 0.2) is 47.3 Å². The molecule has 1 aliphatic heterocycles. The van der Waals surface area contributed by atoms with E-state index in [9.17, 15) is 9.18 Å². The first-order chi connectivity index (χ1) is 17.7. The Morgan fingerprint density at radius 1 is 1.03 bits per heavy atom. The van der Waals surface area contributed by atoms with Crippen LogP contribution in [-0.2, 0) is 5.54 Å². The second-order valence-corrected chi connectivity index (χ2v) is 10.6. The lowest BCUT2D eigenvalue weighted by Crippen LogP contribution is -2.49. The normalized spacial score (nSPS) is 15.9. The van der Waals surface area contributed by atoms with Crippen LogP contribution in [0.2, 0.25) is 0 Å². The van der Waals surface area contributed by atoms with Crippen LogP contribution in [0.25, 0.3) is 10.9 Å². The van der Waals surface area contributed by atoms with Crippen molar-refractivity contribution in [3.8, 4) is 0 Å². The standard InChI is InChI=1S/C28H34FN7O/c1-6-28(4,5)36-26(31-32-33-36)25(23-17-20-15-18(2)19(3)16-24(20)30-27(23)37)35-13-11-34(12-14-35)22-9-7-21(29)8-10-22/h7-10,15-17,25H,6,11-14H2,1-5H3,(H,30,37)/t25-/m1/s1. The molecule has 8 nitrogen and oxygen atoms in total. The van der Waals surface area contributed by atoms with E-state index in [2.05, 4.69) is 64.1 Å². The van der Waals surface area contributed by atoms with Crippen LogP contribution in [0.4, 0.5) is 10.1 Å². The Bertz CT molecular complexity index is 1470. The zero-order chi connectivity index (χ0) is 26.3. The Hall–Kier alpha value is -3.59. The summed E-state index contributed by atoms with van der Waals surface area (Å²) in [5.41, 5.74) is 4.31. The summed E-state index contributed by atoms with van der Waals surface area (Å²) in [7, 11) is 0. The number of hydrogen-bond acceptors (Lipinski definition) is 6. The largest absolute Gasteiger partial charge is 0.369 e. The smallest absolute Gasteiger partial charge is 0.253 e. The number of benzene rings is 2. The highest BCUT2D eigenvalue weighted by atomic mass is 19.1. The molecule has 1 N–H and O–H groups in total. The van der Waals surface area contributed by atoms with Crippen molar-refractivity contribution in [2.75, 3.05) is 31.1 Å². The van der Waals surface area contributed by atoms with Gasteiger partial charge in [-0.3, -0.25) is 9.69 Å². The van der Waals surface area contributed by atoms with E-state index in [1.165, 1.54) is 17.7 Å². The Labute approximate surface area is 216 Å². The van der Waals surface area contributed by atoms with E-state index in [-0.39, 0.29) is 16.9 Å². The Kier molecular flexibility index (Phi) is 6.58. The van der Waals surface area contributed by atoms with Crippen molar-refractivity contribution < 1.29 is 4.39 Å². The summed E-state index contributed by atoms with van der Waals surface area (Å²) < 4.78 is 15.3. The topological polar surface area (TPSA) is 82.9 Å². The number of fused-ring (bicyclic) bond motifs is 1. The number of aryl methyl sites for hydroxylation is 2. The summed E-state index contributed by atoms with van der Waals surface area (Å²) >= 11 is 0. The first-order valence-electron chi connectivity index (χ1n) is 12.9. The van der Waals surface area contributed by atoms with Crippen molar-refractivity contribution in [3.05, 3.63) is 81.2 Å². The maximum Gasteiger partial charge on any atom is 0.253 e. The molecule has 1 aliphatic rings. The molecular weight excluding hydrogens is 469 g/mol. The molecule has 2 aromatic heterocycles. The van der Waals surface area contributed by atoms with E-state index in [1.54, 1.807) is 0 Å². The Balaban J connectivity index is 1.57. The van der Waals surface area contributed by atoms with Crippen molar-refractivity contribution in [1.29, 1.82) is 0 Å². The first-order valence-corrected chi connectivity index (χ1v) is 12.9. The molecule has 37 heavy (non-hydrogen) atoms. The SMILES string of the molecule is CCC(C)(C)n1nnnc1[C@@H](c1cc2cc(C)c(C)cc2[nH]c1=O)N1CCN(c2ccc(F)cc2)CC1. The minimum absolute atomic E-state index is 0.134. The van der Waals surface area contributed by atoms with Crippen LogP contribution in [0, 0.1) is 19.7 Å². The monoisotopic (exact) mass is 503 g/mol. The van der Waals surface area contributed by atoms with Gasteiger partial charge in [-0.2, -0.15) is 0 Å². The van der Waals surface area contributed by atoms with Gasteiger partial charge in [0, 0.05) is 42.9 Å². The fourth-order valence-corrected chi connectivity index (χ4v) is 5.03. The van der Waals surface area contributed by atoms with Gasteiger partial charge < -0.3 is 9.88 Å². The number of piperazine rings is 1. The van der Waals surface area contributed by atoms with Gasteiger partial charge >= 0.3 is 0 Å². The van der Waals surface area contributed by atoms with Crippen molar-refractivity contribution in [1.82, 2.24) is 30.1 Å². The molecule has 3 heterocycles. The third-order valence-electron chi connectivity index (χ3n) is 7.83. The maximum absolute atomic E-state index is 13.6.